The van der Waals surface area contributed by atoms with Crippen LogP contribution in [0.1, 0.15) is 44.0 Å². The molecule has 27 heavy (non-hydrogen) atoms. The lowest BCUT2D eigenvalue weighted by atomic mass is 10.1. The van der Waals surface area contributed by atoms with Crippen molar-refractivity contribution >= 4 is 0 Å². The molecule has 7 heteroatoms. The third-order valence-corrected chi connectivity index (χ3v) is 5.48. The fourth-order valence-corrected chi connectivity index (χ4v) is 3.83. The van der Waals surface area contributed by atoms with Crippen molar-refractivity contribution in [1.82, 2.24) is 24.6 Å². The number of pyridine rings is 1. The zero-order valence-corrected chi connectivity index (χ0v) is 16.1. The molecule has 0 aromatic carbocycles. The monoisotopic (exact) mass is 371 g/mol. The first kappa shape index (κ1) is 18.5. The van der Waals surface area contributed by atoms with E-state index in [2.05, 4.69) is 21.6 Å². The van der Waals surface area contributed by atoms with E-state index in [4.69, 9.17) is 19.6 Å². The summed E-state index contributed by atoms with van der Waals surface area (Å²) < 4.78 is 13.9. The number of nitrogens with zero attached hydrogens (tertiary/aromatic N) is 5. The minimum absolute atomic E-state index is 0.220. The van der Waals surface area contributed by atoms with Gasteiger partial charge in [-0.2, -0.15) is 5.10 Å². The van der Waals surface area contributed by atoms with Crippen molar-refractivity contribution < 1.29 is 9.47 Å². The van der Waals surface area contributed by atoms with Gasteiger partial charge in [-0.1, -0.05) is 0 Å². The highest BCUT2D eigenvalue weighted by atomic mass is 16.5. The van der Waals surface area contributed by atoms with E-state index in [-0.39, 0.29) is 6.10 Å². The maximum atomic E-state index is 5.99. The fourth-order valence-electron chi connectivity index (χ4n) is 3.83. The van der Waals surface area contributed by atoms with Crippen LogP contribution < -0.4 is 0 Å². The molecule has 2 aromatic rings. The highest BCUT2D eigenvalue weighted by Crippen LogP contribution is 2.25. The van der Waals surface area contributed by atoms with Crippen LogP contribution in [-0.2, 0) is 16.1 Å². The maximum Gasteiger partial charge on any atom is 0.181 e. The SMILES string of the molecule is CN1CCC(n2nc(-c3ccncc3)nc2COC[C@H]2CCCCO2)CC1. The first-order valence-electron chi connectivity index (χ1n) is 10.0. The first-order chi connectivity index (χ1) is 13.3. The molecule has 0 bridgehead atoms. The molecule has 0 amide bonds. The molecular weight excluding hydrogens is 342 g/mol. The fraction of sp³-hybridized carbons (Fsp3) is 0.650. The average molecular weight is 371 g/mol. The van der Waals surface area contributed by atoms with Gasteiger partial charge in [-0.05, 0) is 64.4 Å². The van der Waals surface area contributed by atoms with Gasteiger partial charge in [0.2, 0.25) is 0 Å². The summed E-state index contributed by atoms with van der Waals surface area (Å²) in [6.07, 6.45) is 9.44. The number of likely N-dealkylation sites (tertiary alicyclic amines) is 1. The molecule has 146 valence electrons. The molecule has 4 heterocycles. The molecule has 2 aliphatic rings. The van der Waals surface area contributed by atoms with E-state index in [1.165, 1.54) is 6.42 Å². The maximum absolute atomic E-state index is 5.99. The van der Waals surface area contributed by atoms with E-state index in [0.717, 1.165) is 62.6 Å². The lowest BCUT2D eigenvalue weighted by Gasteiger charge is -2.29. The second kappa shape index (κ2) is 8.91. The third kappa shape index (κ3) is 4.72. The van der Waals surface area contributed by atoms with Crippen molar-refractivity contribution in [2.75, 3.05) is 33.4 Å². The van der Waals surface area contributed by atoms with E-state index < -0.39 is 0 Å². The molecule has 4 rings (SSSR count). The average Bonchev–Trinajstić information content (AvgIpc) is 3.14. The number of hydrogen-bond donors (Lipinski definition) is 0. The largest absolute Gasteiger partial charge is 0.376 e. The van der Waals surface area contributed by atoms with Gasteiger partial charge in [-0.15, -0.1) is 0 Å². The smallest absolute Gasteiger partial charge is 0.181 e. The molecule has 1 atom stereocenters. The van der Waals surface area contributed by atoms with Gasteiger partial charge < -0.3 is 14.4 Å². The third-order valence-electron chi connectivity index (χ3n) is 5.48. The summed E-state index contributed by atoms with van der Waals surface area (Å²) in [7, 11) is 2.17. The number of ether oxygens (including phenoxy) is 2. The van der Waals surface area contributed by atoms with Crippen molar-refractivity contribution in [2.24, 2.45) is 0 Å². The molecule has 0 spiro atoms. The molecule has 0 radical (unpaired) electrons. The lowest BCUT2D eigenvalue weighted by molar-refractivity contribution is -0.0466. The van der Waals surface area contributed by atoms with Crippen LogP contribution in [0, 0.1) is 0 Å². The Kier molecular flexibility index (Phi) is 6.11. The molecule has 2 aromatic heterocycles. The van der Waals surface area contributed by atoms with Crippen LogP contribution in [0.3, 0.4) is 0 Å². The predicted molar refractivity (Wildman–Crippen MR) is 102 cm³/mol. The Hall–Kier alpha value is -1.83. The van der Waals surface area contributed by atoms with Crippen molar-refractivity contribution in [3.05, 3.63) is 30.4 Å². The van der Waals surface area contributed by atoms with E-state index in [0.29, 0.717) is 19.3 Å². The zero-order chi connectivity index (χ0) is 18.5. The van der Waals surface area contributed by atoms with Crippen LogP contribution in [0.5, 0.6) is 0 Å². The standard InChI is InChI=1S/C20H29N5O2/c1-24-11-7-17(8-12-24)25-19(15-26-14-18-4-2-3-13-27-18)22-20(23-25)16-5-9-21-10-6-16/h5-6,9-10,17-18H,2-4,7-8,11-15H2,1H3/t18-/m1/s1. The van der Waals surface area contributed by atoms with Crippen LogP contribution in [0.25, 0.3) is 11.4 Å². The molecule has 2 saturated heterocycles. The predicted octanol–water partition coefficient (Wildman–Crippen LogP) is 2.69. The summed E-state index contributed by atoms with van der Waals surface area (Å²) >= 11 is 0. The summed E-state index contributed by atoms with van der Waals surface area (Å²) in [6, 6.07) is 4.29. The van der Waals surface area contributed by atoms with Crippen molar-refractivity contribution in [1.29, 1.82) is 0 Å². The second-order valence-corrected chi connectivity index (χ2v) is 7.57. The van der Waals surface area contributed by atoms with Gasteiger partial charge in [0.1, 0.15) is 6.61 Å². The zero-order valence-electron chi connectivity index (χ0n) is 16.1. The van der Waals surface area contributed by atoms with Crippen molar-refractivity contribution in [3.8, 4) is 11.4 Å². The number of hydrogen-bond acceptors (Lipinski definition) is 6. The van der Waals surface area contributed by atoms with Gasteiger partial charge in [0.25, 0.3) is 0 Å². The highest BCUT2D eigenvalue weighted by molar-refractivity contribution is 5.53. The number of aromatic nitrogens is 4. The minimum atomic E-state index is 0.220. The Balaban J connectivity index is 1.48. The number of piperidine rings is 1. The van der Waals surface area contributed by atoms with Crippen LogP contribution >= 0.6 is 0 Å². The lowest BCUT2D eigenvalue weighted by Crippen LogP contribution is -2.32. The van der Waals surface area contributed by atoms with Crippen molar-refractivity contribution in [2.45, 2.75) is 50.9 Å². The van der Waals surface area contributed by atoms with E-state index in [1.54, 1.807) is 12.4 Å². The van der Waals surface area contributed by atoms with E-state index >= 15 is 0 Å². The van der Waals surface area contributed by atoms with Crippen LogP contribution in [0.4, 0.5) is 0 Å². The molecule has 7 nitrogen and oxygen atoms in total. The molecule has 2 fully saturated rings. The van der Waals surface area contributed by atoms with Gasteiger partial charge in [-0.3, -0.25) is 4.98 Å². The second-order valence-electron chi connectivity index (χ2n) is 7.57. The highest BCUT2D eigenvalue weighted by Gasteiger charge is 2.24. The summed E-state index contributed by atoms with van der Waals surface area (Å²) in [5.41, 5.74) is 0.994. The topological polar surface area (TPSA) is 65.3 Å². The molecule has 0 saturated carbocycles. The Morgan fingerprint density at radius 1 is 1.15 bits per heavy atom. The first-order valence-corrected chi connectivity index (χ1v) is 10.0. The molecular formula is C20H29N5O2. The van der Waals surface area contributed by atoms with Crippen LogP contribution in [0.15, 0.2) is 24.5 Å². The summed E-state index contributed by atoms with van der Waals surface area (Å²) in [5, 5.41) is 4.84. The van der Waals surface area contributed by atoms with Gasteiger partial charge in [0.05, 0.1) is 18.8 Å². The summed E-state index contributed by atoms with van der Waals surface area (Å²) in [4.78, 5) is 11.3. The Morgan fingerprint density at radius 2 is 1.96 bits per heavy atom. The molecule has 0 aliphatic carbocycles. The Bertz CT molecular complexity index is 706. The Labute approximate surface area is 160 Å². The normalized spacial score (nSPS) is 22.2. The summed E-state index contributed by atoms with van der Waals surface area (Å²) in [6.45, 7) is 4.14. The molecule has 2 aliphatic heterocycles. The van der Waals surface area contributed by atoms with Crippen molar-refractivity contribution in [3.63, 3.8) is 0 Å². The van der Waals surface area contributed by atoms with Crippen LogP contribution in [0.2, 0.25) is 0 Å². The quantitative estimate of drug-likeness (QED) is 0.778. The van der Waals surface area contributed by atoms with E-state index in [9.17, 15) is 0 Å². The number of rotatable bonds is 6. The minimum Gasteiger partial charge on any atom is -0.376 e. The van der Waals surface area contributed by atoms with Gasteiger partial charge in [0, 0.05) is 24.6 Å². The van der Waals surface area contributed by atoms with E-state index in [1.807, 2.05) is 12.1 Å². The van der Waals surface area contributed by atoms with Crippen LogP contribution in [-0.4, -0.2) is 64.1 Å². The van der Waals surface area contributed by atoms with Gasteiger partial charge >= 0.3 is 0 Å². The summed E-state index contributed by atoms with van der Waals surface area (Å²) in [5.74, 6) is 1.66. The van der Waals surface area contributed by atoms with Gasteiger partial charge in [0.15, 0.2) is 11.6 Å². The van der Waals surface area contributed by atoms with Gasteiger partial charge in [-0.25, -0.2) is 9.67 Å². The molecule has 0 unspecified atom stereocenters. The molecule has 0 N–H and O–H groups in total. The Morgan fingerprint density at radius 3 is 2.70 bits per heavy atom.